The summed E-state index contributed by atoms with van der Waals surface area (Å²) in [6.45, 7) is 0.701. The van der Waals surface area contributed by atoms with Crippen LogP contribution in [0.25, 0.3) is 0 Å². The number of esters is 1. The van der Waals surface area contributed by atoms with Crippen LogP contribution in [-0.2, 0) is 25.5 Å². The third-order valence-electron chi connectivity index (χ3n) is 4.05. The van der Waals surface area contributed by atoms with E-state index < -0.39 is 6.29 Å². The molecule has 0 aliphatic heterocycles. The molecule has 0 fully saturated rings. The Labute approximate surface area is 149 Å². The van der Waals surface area contributed by atoms with Gasteiger partial charge >= 0.3 is 5.97 Å². The van der Waals surface area contributed by atoms with Gasteiger partial charge in [0.15, 0.2) is 6.29 Å². The molecule has 0 saturated carbocycles. The topological polar surface area (TPSA) is 48.0 Å². The molecule has 5 heteroatoms. The van der Waals surface area contributed by atoms with Crippen LogP contribution in [0.2, 0.25) is 0 Å². The highest BCUT2D eigenvalue weighted by molar-refractivity contribution is 5.71. The second-order valence-electron chi connectivity index (χ2n) is 5.66. The van der Waals surface area contributed by atoms with E-state index in [1.165, 1.54) is 7.11 Å². The highest BCUT2D eigenvalue weighted by Gasteiger charge is 2.31. The number of nitrogens with zero attached hydrogens (tertiary/aromatic N) is 1. The van der Waals surface area contributed by atoms with Gasteiger partial charge in [0.25, 0.3) is 0 Å². The van der Waals surface area contributed by atoms with Gasteiger partial charge in [0.05, 0.1) is 19.7 Å². The van der Waals surface area contributed by atoms with Crippen LogP contribution in [0.4, 0.5) is 0 Å². The van der Waals surface area contributed by atoms with Gasteiger partial charge in [-0.05, 0) is 11.1 Å². The monoisotopic (exact) mass is 343 g/mol. The Morgan fingerprint density at radius 3 is 2.00 bits per heavy atom. The number of hydrogen-bond donors (Lipinski definition) is 0. The third kappa shape index (κ3) is 5.39. The van der Waals surface area contributed by atoms with Crippen molar-refractivity contribution >= 4 is 5.97 Å². The van der Waals surface area contributed by atoms with Crippen LogP contribution in [0, 0.1) is 0 Å². The number of ether oxygens (including phenoxy) is 3. The Kier molecular flexibility index (Phi) is 7.60. The molecule has 0 N–H and O–H groups in total. The van der Waals surface area contributed by atoms with Gasteiger partial charge in [-0.3, -0.25) is 9.69 Å². The van der Waals surface area contributed by atoms with Crippen LogP contribution in [-0.4, -0.2) is 45.0 Å². The van der Waals surface area contributed by atoms with Gasteiger partial charge in [0, 0.05) is 20.8 Å². The first-order valence-electron chi connectivity index (χ1n) is 8.15. The van der Waals surface area contributed by atoms with Crippen molar-refractivity contribution in [3.05, 3.63) is 71.8 Å². The molecule has 134 valence electrons. The van der Waals surface area contributed by atoms with Gasteiger partial charge in [-0.2, -0.15) is 0 Å². The minimum atomic E-state index is -0.518. The normalized spacial score (nSPS) is 12.4. The van der Waals surface area contributed by atoms with Crippen LogP contribution in [0.3, 0.4) is 0 Å². The molecule has 1 unspecified atom stereocenters. The largest absolute Gasteiger partial charge is 0.468 e. The second-order valence-corrected chi connectivity index (χ2v) is 5.66. The van der Waals surface area contributed by atoms with E-state index in [9.17, 15) is 4.79 Å². The van der Waals surface area contributed by atoms with Crippen molar-refractivity contribution in [2.24, 2.45) is 0 Å². The number of methoxy groups -OCH3 is 3. The quantitative estimate of drug-likeness (QED) is 0.517. The maximum Gasteiger partial charge on any atom is 0.319 e. The minimum absolute atomic E-state index is 0.133. The molecule has 2 rings (SSSR count). The predicted molar refractivity (Wildman–Crippen MR) is 95.9 cm³/mol. The Hall–Kier alpha value is -2.21. The summed E-state index contributed by atoms with van der Waals surface area (Å²) in [6, 6.07) is 19.6. The molecule has 0 spiro atoms. The fourth-order valence-corrected chi connectivity index (χ4v) is 2.85. The molecular formula is C20H25NO4. The van der Waals surface area contributed by atoms with Gasteiger partial charge < -0.3 is 14.2 Å². The van der Waals surface area contributed by atoms with Crippen molar-refractivity contribution < 1.29 is 19.0 Å². The summed E-state index contributed by atoms with van der Waals surface area (Å²) in [5, 5.41) is 0. The van der Waals surface area contributed by atoms with Crippen molar-refractivity contribution in [2.75, 3.05) is 27.9 Å². The van der Waals surface area contributed by atoms with E-state index in [1.54, 1.807) is 14.2 Å². The lowest BCUT2D eigenvalue weighted by atomic mass is 10.0. The van der Waals surface area contributed by atoms with Crippen LogP contribution in [0.15, 0.2) is 60.7 Å². The zero-order chi connectivity index (χ0) is 18.1. The number of hydrogen-bond acceptors (Lipinski definition) is 5. The fourth-order valence-electron chi connectivity index (χ4n) is 2.85. The summed E-state index contributed by atoms with van der Waals surface area (Å²) in [6.07, 6.45) is -0.518. The molecule has 2 aromatic rings. The van der Waals surface area contributed by atoms with E-state index in [0.29, 0.717) is 6.54 Å². The molecule has 0 radical (unpaired) electrons. The highest BCUT2D eigenvalue weighted by Crippen LogP contribution is 2.28. The molecule has 25 heavy (non-hydrogen) atoms. The molecule has 0 aromatic heterocycles. The third-order valence-corrected chi connectivity index (χ3v) is 4.05. The van der Waals surface area contributed by atoms with Crippen molar-refractivity contribution in [3.63, 3.8) is 0 Å². The van der Waals surface area contributed by atoms with Crippen molar-refractivity contribution in [2.45, 2.75) is 18.9 Å². The minimum Gasteiger partial charge on any atom is -0.468 e. The lowest BCUT2D eigenvalue weighted by Crippen LogP contribution is -2.41. The van der Waals surface area contributed by atoms with E-state index in [0.717, 1.165) is 11.1 Å². The van der Waals surface area contributed by atoms with Crippen LogP contribution in [0.1, 0.15) is 17.2 Å². The van der Waals surface area contributed by atoms with Crippen LogP contribution in [0.5, 0.6) is 0 Å². The second kappa shape index (κ2) is 9.93. The van der Waals surface area contributed by atoms with Gasteiger partial charge in [-0.15, -0.1) is 0 Å². The maximum atomic E-state index is 12.0. The predicted octanol–water partition coefficient (Wildman–Crippen LogP) is 3.02. The molecular weight excluding hydrogens is 318 g/mol. The van der Waals surface area contributed by atoms with E-state index in [1.807, 2.05) is 65.6 Å². The molecule has 1 atom stereocenters. The van der Waals surface area contributed by atoms with Crippen molar-refractivity contribution in [1.82, 2.24) is 4.90 Å². The Bertz CT molecular complexity index is 629. The smallest absolute Gasteiger partial charge is 0.319 e. The molecule has 5 nitrogen and oxygen atoms in total. The van der Waals surface area contributed by atoms with Gasteiger partial charge in [-0.25, -0.2) is 0 Å². The first-order valence-corrected chi connectivity index (χ1v) is 8.15. The van der Waals surface area contributed by atoms with Gasteiger partial charge in [0.1, 0.15) is 0 Å². The highest BCUT2D eigenvalue weighted by atomic mass is 16.7. The standard InChI is InChI=1S/C20H25NO4/c1-23-18(22)15-21(14-16-10-6-4-7-11-16)19(20(24-2)25-3)17-12-8-5-9-13-17/h4-13,19-20H,14-15H2,1-3H3. The summed E-state index contributed by atoms with van der Waals surface area (Å²) in [5.41, 5.74) is 2.11. The molecule has 0 saturated heterocycles. The Balaban J connectivity index is 2.38. The zero-order valence-electron chi connectivity index (χ0n) is 14.9. The number of rotatable bonds is 9. The lowest BCUT2D eigenvalue weighted by molar-refractivity contribution is -0.160. The van der Waals surface area contributed by atoms with E-state index in [4.69, 9.17) is 14.2 Å². The Morgan fingerprint density at radius 2 is 1.48 bits per heavy atom. The summed E-state index contributed by atoms with van der Waals surface area (Å²) in [7, 11) is 4.59. The SMILES string of the molecule is COC(=O)CN(Cc1ccccc1)C(c1ccccc1)C(OC)OC. The number of benzene rings is 2. The Morgan fingerprint density at radius 1 is 0.920 bits per heavy atom. The zero-order valence-corrected chi connectivity index (χ0v) is 14.9. The summed E-state index contributed by atoms with van der Waals surface area (Å²) in [4.78, 5) is 14.0. The van der Waals surface area contributed by atoms with Crippen molar-refractivity contribution in [3.8, 4) is 0 Å². The van der Waals surface area contributed by atoms with E-state index >= 15 is 0 Å². The fraction of sp³-hybridized carbons (Fsp3) is 0.350. The number of carbonyl (C=O) groups is 1. The van der Waals surface area contributed by atoms with Gasteiger partial charge in [0.2, 0.25) is 0 Å². The van der Waals surface area contributed by atoms with Gasteiger partial charge in [-0.1, -0.05) is 60.7 Å². The number of carbonyl (C=O) groups excluding carboxylic acids is 1. The summed E-state index contributed by atoms with van der Waals surface area (Å²) in [5.74, 6) is -0.303. The molecule has 0 bridgehead atoms. The molecule has 2 aromatic carbocycles. The van der Waals surface area contributed by atoms with Crippen molar-refractivity contribution in [1.29, 1.82) is 0 Å². The molecule has 0 heterocycles. The van der Waals surface area contributed by atoms with E-state index in [-0.39, 0.29) is 18.6 Å². The van der Waals surface area contributed by atoms with Crippen LogP contribution < -0.4 is 0 Å². The lowest BCUT2D eigenvalue weighted by Gasteiger charge is -2.35. The molecule has 0 amide bonds. The average molecular weight is 343 g/mol. The molecule has 0 aliphatic rings. The average Bonchev–Trinajstić information content (AvgIpc) is 2.67. The summed E-state index contributed by atoms with van der Waals surface area (Å²) < 4.78 is 16.0. The first kappa shape index (κ1) is 19.1. The van der Waals surface area contributed by atoms with Crippen LogP contribution >= 0.6 is 0 Å². The summed E-state index contributed by atoms with van der Waals surface area (Å²) >= 11 is 0. The maximum absolute atomic E-state index is 12.0. The first-order chi connectivity index (χ1) is 12.2. The van der Waals surface area contributed by atoms with E-state index in [2.05, 4.69) is 0 Å². The molecule has 0 aliphatic carbocycles.